The van der Waals surface area contributed by atoms with Crippen LogP contribution < -0.4 is 0 Å². The van der Waals surface area contributed by atoms with Crippen molar-refractivity contribution in [3.05, 3.63) is 17.5 Å². The van der Waals surface area contributed by atoms with Crippen molar-refractivity contribution in [3.8, 4) is 0 Å². The molecule has 1 saturated heterocycles. The van der Waals surface area contributed by atoms with Gasteiger partial charge in [0.2, 0.25) is 0 Å². The smallest absolute Gasteiger partial charge is 0.305 e. The van der Waals surface area contributed by atoms with Crippen molar-refractivity contribution < 1.29 is 14.7 Å². The third kappa shape index (κ3) is 2.69. The van der Waals surface area contributed by atoms with E-state index >= 15 is 0 Å². The highest BCUT2D eigenvalue weighted by molar-refractivity contribution is 5.95. The van der Waals surface area contributed by atoms with E-state index in [-0.39, 0.29) is 24.4 Å². The molecule has 0 saturated carbocycles. The molecule has 1 N–H and O–H groups in total. The van der Waals surface area contributed by atoms with E-state index in [4.69, 9.17) is 5.11 Å². The van der Waals surface area contributed by atoms with Gasteiger partial charge >= 0.3 is 5.97 Å². The standard InChI is InChI=1S/C14H21N3O3/c1-9(2)17-10(3)12(8-15-17)14(20)16-6-4-5-11(16)7-13(18)19/h8-9,11H,4-7H2,1-3H3,(H,18,19). The van der Waals surface area contributed by atoms with Crippen molar-refractivity contribution in [1.82, 2.24) is 14.7 Å². The number of aliphatic carboxylic acids is 1. The normalized spacial score (nSPS) is 18.8. The van der Waals surface area contributed by atoms with Gasteiger partial charge in [0.15, 0.2) is 0 Å². The number of hydrogen-bond acceptors (Lipinski definition) is 3. The molecule has 6 nitrogen and oxygen atoms in total. The fourth-order valence-corrected chi connectivity index (χ4v) is 2.83. The molecule has 1 aliphatic heterocycles. The van der Waals surface area contributed by atoms with Crippen LogP contribution in [0.1, 0.15) is 55.2 Å². The molecule has 2 rings (SSSR count). The molecule has 0 bridgehead atoms. The van der Waals surface area contributed by atoms with Crippen molar-refractivity contribution in [2.75, 3.05) is 6.54 Å². The minimum Gasteiger partial charge on any atom is -0.481 e. The Morgan fingerprint density at radius 3 is 2.75 bits per heavy atom. The van der Waals surface area contributed by atoms with Crippen LogP contribution in [0.3, 0.4) is 0 Å². The van der Waals surface area contributed by atoms with Crippen molar-refractivity contribution in [1.29, 1.82) is 0 Å². The van der Waals surface area contributed by atoms with Gasteiger partial charge in [0.05, 0.1) is 18.2 Å². The molecule has 0 spiro atoms. The van der Waals surface area contributed by atoms with E-state index in [9.17, 15) is 9.59 Å². The largest absolute Gasteiger partial charge is 0.481 e. The number of hydrogen-bond donors (Lipinski definition) is 1. The molecule has 1 aromatic heterocycles. The van der Waals surface area contributed by atoms with Gasteiger partial charge in [0.25, 0.3) is 5.91 Å². The number of carbonyl (C=O) groups is 2. The Morgan fingerprint density at radius 1 is 1.50 bits per heavy atom. The maximum atomic E-state index is 12.6. The highest BCUT2D eigenvalue weighted by Crippen LogP contribution is 2.24. The van der Waals surface area contributed by atoms with E-state index < -0.39 is 5.97 Å². The Hall–Kier alpha value is -1.85. The highest BCUT2D eigenvalue weighted by Gasteiger charge is 2.32. The number of aromatic nitrogens is 2. The van der Waals surface area contributed by atoms with E-state index in [1.165, 1.54) is 0 Å². The van der Waals surface area contributed by atoms with Gasteiger partial charge in [-0.1, -0.05) is 0 Å². The Kier molecular flexibility index (Phi) is 4.11. The number of carbonyl (C=O) groups excluding carboxylic acids is 1. The molecule has 1 amide bonds. The lowest BCUT2D eigenvalue weighted by molar-refractivity contribution is -0.137. The predicted molar refractivity (Wildman–Crippen MR) is 73.7 cm³/mol. The molecule has 0 radical (unpaired) electrons. The molecule has 0 aliphatic carbocycles. The van der Waals surface area contributed by atoms with E-state index in [0.29, 0.717) is 12.1 Å². The fourth-order valence-electron chi connectivity index (χ4n) is 2.83. The molecule has 2 heterocycles. The first kappa shape index (κ1) is 14.6. The molecule has 110 valence electrons. The zero-order chi connectivity index (χ0) is 14.9. The molecule has 1 unspecified atom stereocenters. The van der Waals surface area contributed by atoms with Crippen LogP contribution in [0.5, 0.6) is 0 Å². The first-order valence-corrected chi connectivity index (χ1v) is 6.98. The van der Waals surface area contributed by atoms with E-state index in [0.717, 1.165) is 18.5 Å². The highest BCUT2D eigenvalue weighted by atomic mass is 16.4. The second-order valence-corrected chi connectivity index (χ2v) is 5.57. The van der Waals surface area contributed by atoms with Crippen molar-refractivity contribution in [2.24, 2.45) is 0 Å². The lowest BCUT2D eigenvalue weighted by Crippen LogP contribution is -2.37. The molecule has 1 fully saturated rings. The van der Waals surface area contributed by atoms with E-state index in [1.54, 1.807) is 11.1 Å². The SMILES string of the molecule is Cc1c(C(=O)N2CCCC2CC(=O)O)cnn1C(C)C. The topological polar surface area (TPSA) is 75.4 Å². The quantitative estimate of drug-likeness (QED) is 0.912. The summed E-state index contributed by atoms with van der Waals surface area (Å²) >= 11 is 0. The molecule has 1 atom stereocenters. The second-order valence-electron chi connectivity index (χ2n) is 5.57. The van der Waals surface area contributed by atoms with E-state index in [1.807, 2.05) is 25.5 Å². The number of carboxylic acid groups (broad SMARTS) is 1. The van der Waals surface area contributed by atoms with Crippen LogP contribution in [0, 0.1) is 6.92 Å². The summed E-state index contributed by atoms with van der Waals surface area (Å²) in [6, 6.07) is 0.00624. The third-order valence-corrected chi connectivity index (χ3v) is 3.81. The second kappa shape index (κ2) is 5.64. The van der Waals surface area contributed by atoms with Gasteiger partial charge in [-0.2, -0.15) is 5.10 Å². The molecule has 1 aliphatic rings. The summed E-state index contributed by atoms with van der Waals surface area (Å²) < 4.78 is 1.81. The summed E-state index contributed by atoms with van der Waals surface area (Å²) in [6.07, 6.45) is 3.23. The van der Waals surface area contributed by atoms with E-state index in [2.05, 4.69) is 5.10 Å². The number of nitrogens with zero attached hydrogens (tertiary/aromatic N) is 3. The van der Waals surface area contributed by atoms with Crippen LogP contribution in [0.15, 0.2) is 6.20 Å². The van der Waals surface area contributed by atoms with Crippen LogP contribution in [0.2, 0.25) is 0 Å². The lowest BCUT2D eigenvalue weighted by Gasteiger charge is -2.23. The summed E-state index contributed by atoms with van der Waals surface area (Å²) in [5, 5.41) is 13.2. The van der Waals surface area contributed by atoms with Gasteiger partial charge < -0.3 is 10.0 Å². The Balaban J connectivity index is 2.20. The summed E-state index contributed by atoms with van der Waals surface area (Å²) in [5.74, 6) is -0.956. The summed E-state index contributed by atoms with van der Waals surface area (Å²) in [7, 11) is 0. The Bertz CT molecular complexity index is 522. The van der Waals surface area contributed by atoms with Gasteiger partial charge in [0, 0.05) is 24.3 Å². The zero-order valence-electron chi connectivity index (χ0n) is 12.2. The first-order valence-electron chi connectivity index (χ1n) is 6.98. The lowest BCUT2D eigenvalue weighted by atomic mass is 10.1. The minimum absolute atomic E-state index is 0.0170. The minimum atomic E-state index is -0.857. The summed E-state index contributed by atoms with van der Waals surface area (Å²) in [4.78, 5) is 25.1. The predicted octanol–water partition coefficient (Wildman–Crippen LogP) is 1.85. The number of amides is 1. The number of rotatable bonds is 4. The van der Waals surface area contributed by atoms with Crippen LogP contribution >= 0.6 is 0 Å². The van der Waals surface area contributed by atoms with Gasteiger partial charge in [-0.05, 0) is 33.6 Å². The first-order chi connectivity index (χ1) is 9.41. The monoisotopic (exact) mass is 279 g/mol. The molecular formula is C14H21N3O3. The molecular weight excluding hydrogens is 258 g/mol. The number of likely N-dealkylation sites (tertiary alicyclic amines) is 1. The third-order valence-electron chi connectivity index (χ3n) is 3.81. The van der Waals surface area contributed by atoms with Gasteiger partial charge in [0.1, 0.15) is 0 Å². The molecule has 0 aromatic carbocycles. The summed E-state index contributed by atoms with van der Waals surface area (Å²) in [6.45, 7) is 6.53. The van der Waals surface area contributed by atoms with Crippen LogP contribution in [0.4, 0.5) is 0 Å². The van der Waals surface area contributed by atoms with Crippen molar-refractivity contribution in [2.45, 2.75) is 52.1 Å². The van der Waals surface area contributed by atoms with Crippen molar-refractivity contribution >= 4 is 11.9 Å². The molecule has 6 heteroatoms. The van der Waals surface area contributed by atoms with Gasteiger partial charge in [-0.15, -0.1) is 0 Å². The number of carboxylic acids is 1. The van der Waals surface area contributed by atoms with Gasteiger partial charge in [-0.3, -0.25) is 14.3 Å². The summed E-state index contributed by atoms with van der Waals surface area (Å²) in [5.41, 5.74) is 1.42. The zero-order valence-corrected chi connectivity index (χ0v) is 12.2. The van der Waals surface area contributed by atoms with Crippen molar-refractivity contribution in [3.63, 3.8) is 0 Å². The molecule has 1 aromatic rings. The maximum absolute atomic E-state index is 12.6. The van der Waals surface area contributed by atoms with Crippen LogP contribution in [-0.2, 0) is 4.79 Å². The Labute approximate surface area is 118 Å². The average molecular weight is 279 g/mol. The van der Waals surface area contributed by atoms with Crippen LogP contribution in [0.25, 0.3) is 0 Å². The van der Waals surface area contributed by atoms with Gasteiger partial charge in [-0.25, -0.2) is 0 Å². The Morgan fingerprint density at radius 2 is 2.20 bits per heavy atom. The fraction of sp³-hybridized carbons (Fsp3) is 0.643. The maximum Gasteiger partial charge on any atom is 0.305 e. The van der Waals surface area contributed by atoms with Crippen LogP contribution in [-0.4, -0.2) is 44.3 Å². The molecule has 20 heavy (non-hydrogen) atoms. The average Bonchev–Trinajstić information content (AvgIpc) is 2.94.